The quantitative estimate of drug-likeness (QED) is 0.908. The molecular formula is C20H28N2O3. The van der Waals surface area contributed by atoms with Crippen molar-refractivity contribution in [1.82, 2.24) is 10.2 Å². The highest BCUT2D eigenvalue weighted by Crippen LogP contribution is 2.35. The van der Waals surface area contributed by atoms with Crippen molar-refractivity contribution in [2.75, 3.05) is 39.5 Å². The van der Waals surface area contributed by atoms with Gasteiger partial charge in [-0.1, -0.05) is 37.1 Å². The van der Waals surface area contributed by atoms with Crippen LogP contribution in [0.4, 0.5) is 0 Å². The predicted octanol–water partition coefficient (Wildman–Crippen LogP) is 2.06. The molecule has 0 aromatic heterocycles. The van der Waals surface area contributed by atoms with Gasteiger partial charge in [0.2, 0.25) is 0 Å². The average Bonchev–Trinajstić information content (AvgIpc) is 3.16. The number of nitrogens with one attached hydrogen (secondary N) is 1. The molecule has 1 aromatic rings. The first kappa shape index (κ1) is 17.0. The topological polar surface area (TPSA) is 50.8 Å². The number of ether oxygens (including phenoxy) is 2. The highest BCUT2D eigenvalue weighted by Gasteiger charge is 2.41. The Bertz CT molecular complexity index is 607. The van der Waals surface area contributed by atoms with Gasteiger partial charge in [-0.3, -0.25) is 9.69 Å². The molecule has 0 spiro atoms. The normalized spacial score (nSPS) is 26.2. The van der Waals surface area contributed by atoms with E-state index >= 15 is 0 Å². The van der Waals surface area contributed by atoms with Crippen molar-refractivity contribution < 1.29 is 14.3 Å². The van der Waals surface area contributed by atoms with E-state index in [0.717, 1.165) is 51.1 Å². The second-order valence-corrected chi connectivity index (χ2v) is 7.45. The smallest absolute Gasteiger partial charge is 0.253 e. The Morgan fingerprint density at radius 1 is 1.16 bits per heavy atom. The van der Waals surface area contributed by atoms with Crippen LogP contribution in [0.1, 0.15) is 42.9 Å². The van der Waals surface area contributed by atoms with Crippen LogP contribution in [0.2, 0.25) is 0 Å². The molecule has 0 radical (unpaired) electrons. The summed E-state index contributed by atoms with van der Waals surface area (Å²) in [7, 11) is 0. The molecule has 1 saturated heterocycles. The molecule has 3 aliphatic rings. The van der Waals surface area contributed by atoms with Crippen LogP contribution in [0.3, 0.4) is 0 Å². The van der Waals surface area contributed by atoms with E-state index in [2.05, 4.69) is 16.3 Å². The Morgan fingerprint density at radius 3 is 2.72 bits per heavy atom. The van der Waals surface area contributed by atoms with Crippen LogP contribution in [0.15, 0.2) is 24.3 Å². The molecule has 25 heavy (non-hydrogen) atoms. The summed E-state index contributed by atoms with van der Waals surface area (Å²) in [6.07, 6.45) is 5.24. The van der Waals surface area contributed by atoms with Crippen molar-refractivity contribution in [3.63, 3.8) is 0 Å². The highest BCUT2D eigenvalue weighted by molar-refractivity contribution is 5.83. The molecule has 1 aliphatic carbocycles. The molecular weight excluding hydrogens is 316 g/mol. The van der Waals surface area contributed by atoms with Gasteiger partial charge in [-0.05, 0) is 30.4 Å². The molecule has 0 bridgehead atoms. The summed E-state index contributed by atoms with van der Waals surface area (Å²) in [5, 5.41) is 3.23. The first-order valence-electron chi connectivity index (χ1n) is 9.58. The van der Waals surface area contributed by atoms with Crippen molar-refractivity contribution in [3.05, 3.63) is 35.4 Å². The van der Waals surface area contributed by atoms with Gasteiger partial charge in [-0.2, -0.15) is 0 Å². The number of rotatable bonds is 4. The van der Waals surface area contributed by atoms with Crippen LogP contribution in [0.5, 0.6) is 0 Å². The second-order valence-electron chi connectivity index (χ2n) is 7.45. The second kappa shape index (κ2) is 7.44. The maximum Gasteiger partial charge on any atom is 0.253 e. The lowest BCUT2D eigenvalue weighted by atomic mass is 9.93. The van der Waals surface area contributed by atoms with Gasteiger partial charge in [0, 0.05) is 25.2 Å². The SMILES string of the molecule is O=C(NCC1(N2CCOCC2)CCCC1)[C@@H]1OCCc2ccccc21. The molecule has 2 fully saturated rings. The zero-order valence-corrected chi connectivity index (χ0v) is 14.8. The van der Waals surface area contributed by atoms with E-state index in [1.54, 1.807) is 0 Å². The van der Waals surface area contributed by atoms with Crippen molar-refractivity contribution in [2.45, 2.75) is 43.7 Å². The van der Waals surface area contributed by atoms with Gasteiger partial charge < -0.3 is 14.8 Å². The van der Waals surface area contributed by atoms with Crippen molar-refractivity contribution in [3.8, 4) is 0 Å². The molecule has 1 atom stereocenters. The number of amides is 1. The van der Waals surface area contributed by atoms with Gasteiger partial charge >= 0.3 is 0 Å². The molecule has 5 heteroatoms. The molecule has 2 heterocycles. The fourth-order valence-corrected chi connectivity index (χ4v) is 4.63. The van der Waals surface area contributed by atoms with Gasteiger partial charge in [0.15, 0.2) is 6.10 Å². The van der Waals surface area contributed by atoms with Crippen molar-refractivity contribution in [1.29, 1.82) is 0 Å². The van der Waals surface area contributed by atoms with Crippen LogP contribution in [0.25, 0.3) is 0 Å². The molecule has 136 valence electrons. The molecule has 0 unspecified atom stereocenters. The minimum absolute atomic E-state index is 0.00619. The van der Waals surface area contributed by atoms with Crippen LogP contribution in [-0.4, -0.2) is 55.8 Å². The summed E-state index contributed by atoms with van der Waals surface area (Å²) in [6.45, 7) is 4.87. The standard InChI is InChI=1S/C20H28N2O3/c23-19(18-17-6-2-1-5-16(17)7-12-25-18)21-15-20(8-3-4-9-20)22-10-13-24-14-11-22/h1-2,5-6,18H,3-4,7-15H2,(H,21,23)/t18-/m1/s1. The number of benzene rings is 1. The van der Waals surface area contributed by atoms with Gasteiger partial charge in [0.25, 0.3) is 5.91 Å². The Hall–Kier alpha value is -1.43. The minimum atomic E-state index is -0.465. The van der Waals surface area contributed by atoms with Crippen LogP contribution in [-0.2, 0) is 20.7 Å². The summed E-state index contributed by atoms with van der Waals surface area (Å²) in [4.78, 5) is 15.4. The number of carbonyl (C=O) groups excluding carboxylic acids is 1. The first-order chi connectivity index (χ1) is 12.3. The lowest BCUT2D eigenvalue weighted by Gasteiger charge is -2.43. The Labute approximate surface area is 149 Å². The van der Waals surface area contributed by atoms with Crippen molar-refractivity contribution in [2.24, 2.45) is 0 Å². The Kier molecular flexibility index (Phi) is 5.06. The summed E-state index contributed by atoms with van der Waals surface area (Å²) >= 11 is 0. The number of carbonyl (C=O) groups is 1. The van der Waals surface area contributed by atoms with Crippen LogP contribution < -0.4 is 5.32 Å². The van der Waals surface area contributed by atoms with E-state index in [4.69, 9.17) is 9.47 Å². The van der Waals surface area contributed by atoms with Gasteiger partial charge in [0.1, 0.15) is 0 Å². The minimum Gasteiger partial charge on any atom is -0.379 e. The van der Waals surface area contributed by atoms with Crippen molar-refractivity contribution >= 4 is 5.91 Å². The zero-order valence-electron chi connectivity index (χ0n) is 14.8. The zero-order chi connectivity index (χ0) is 17.1. The largest absolute Gasteiger partial charge is 0.379 e. The van der Waals surface area contributed by atoms with E-state index in [9.17, 15) is 4.79 Å². The molecule has 1 saturated carbocycles. The predicted molar refractivity (Wildman–Crippen MR) is 95.4 cm³/mol. The summed E-state index contributed by atoms with van der Waals surface area (Å²) in [6, 6.07) is 8.14. The number of hydrogen-bond acceptors (Lipinski definition) is 4. The van der Waals surface area contributed by atoms with E-state index < -0.39 is 6.10 Å². The molecule has 1 amide bonds. The summed E-state index contributed by atoms with van der Waals surface area (Å²) < 4.78 is 11.3. The number of morpholine rings is 1. The summed E-state index contributed by atoms with van der Waals surface area (Å²) in [5.74, 6) is 0.00619. The summed E-state index contributed by atoms with van der Waals surface area (Å²) in [5.41, 5.74) is 2.36. The van der Waals surface area contributed by atoms with Gasteiger partial charge in [0.05, 0.1) is 19.8 Å². The molecule has 5 nitrogen and oxygen atoms in total. The monoisotopic (exact) mass is 344 g/mol. The molecule has 4 rings (SSSR count). The lowest BCUT2D eigenvalue weighted by Crippen LogP contribution is -2.57. The Balaban J connectivity index is 1.44. The fraction of sp³-hybridized carbons (Fsp3) is 0.650. The highest BCUT2D eigenvalue weighted by atomic mass is 16.5. The van der Waals surface area contributed by atoms with Crippen LogP contribution in [0, 0.1) is 0 Å². The molecule has 1 N–H and O–H groups in total. The van der Waals surface area contributed by atoms with Gasteiger partial charge in [-0.15, -0.1) is 0 Å². The third kappa shape index (κ3) is 3.46. The fourth-order valence-electron chi connectivity index (χ4n) is 4.63. The molecule has 1 aromatic carbocycles. The maximum absolute atomic E-state index is 12.9. The number of hydrogen-bond donors (Lipinski definition) is 1. The van der Waals surface area contributed by atoms with E-state index in [1.807, 2.05) is 18.2 Å². The van der Waals surface area contributed by atoms with E-state index in [-0.39, 0.29) is 11.4 Å². The Morgan fingerprint density at radius 2 is 1.92 bits per heavy atom. The van der Waals surface area contributed by atoms with Crippen LogP contribution >= 0.6 is 0 Å². The lowest BCUT2D eigenvalue weighted by molar-refractivity contribution is -0.135. The maximum atomic E-state index is 12.9. The van der Waals surface area contributed by atoms with E-state index in [0.29, 0.717) is 13.2 Å². The first-order valence-corrected chi connectivity index (χ1v) is 9.58. The average molecular weight is 344 g/mol. The van der Waals surface area contributed by atoms with Gasteiger partial charge in [-0.25, -0.2) is 0 Å². The number of nitrogens with zero attached hydrogens (tertiary/aromatic N) is 1. The number of fused-ring (bicyclic) bond motifs is 1. The van der Waals surface area contributed by atoms with E-state index in [1.165, 1.54) is 18.4 Å². The third-order valence-corrected chi connectivity index (χ3v) is 6.04. The molecule has 2 aliphatic heterocycles. The third-order valence-electron chi connectivity index (χ3n) is 6.04.